The molecule has 0 aliphatic heterocycles. The van der Waals surface area contributed by atoms with Crippen LogP contribution in [0.4, 0.5) is 4.39 Å². The number of hydrogen-bond donors (Lipinski definition) is 1. The van der Waals surface area contributed by atoms with Crippen molar-refractivity contribution in [3.63, 3.8) is 0 Å². The number of hydrogen-bond acceptors (Lipinski definition) is 3. The van der Waals surface area contributed by atoms with Gasteiger partial charge in [0.2, 0.25) is 0 Å². The fourth-order valence-electron chi connectivity index (χ4n) is 3.27. The van der Waals surface area contributed by atoms with Gasteiger partial charge < -0.3 is 9.84 Å². The van der Waals surface area contributed by atoms with Gasteiger partial charge in [-0.15, -0.1) is 0 Å². The first kappa shape index (κ1) is 21.5. The molecule has 0 unspecified atom stereocenters. The molecule has 0 aliphatic rings. The molecule has 0 atom stereocenters. The summed E-state index contributed by atoms with van der Waals surface area (Å²) in [7, 11) is 0. The molecule has 0 heterocycles. The number of benzene rings is 3. The minimum absolute atomic E-state index is 0.0115. The third kappa shape index (κ3) is 5.02. The first-order chi connectivity index (χ1) is 14.4. The highest BCUT2D eigenvalue weighted by atomic mass is 19.1. The third-order valence-corrected chi connectivity index (χ3v) is 4.95. The van der Waals surface area contributed by atoms with E-state index in [0.717, 1.165) is 33.4 Å². The molecule has 154 valence electrons. The number of rotatable bonds is 7. The average molecular weight is 404 g/mol. The first-order valence-electron chi connectivity index (χ1n) is 9.81. The van der Waals surface area contributed by atoms with Crippen molar-refractivity contribution in [2.45, 2.75) is 26.9 Å². The zero-order chi connectivity index (χ0) is 21.7. The molecule has 0 aromatic heterocycles. The predicted octanol–water partition coefficient (Wildman–Crippen LogP) is 5.62. The molecular weight excluding hydrogens is 379 g/mol. The molecule has 0 bridgehead atoms. The summed E-state index contributed by atoms with van der Waals surface area (Å²) >= 11 is 0. The molecule has 3 nitrogen and oxygen atoms in total. The third-order valence-electron chi connectivity index (χ3n) is 4.95. The number of aliphatic hydroxyl groups is 1. The van der Waals surface area contributed by atoms with Gasteiger partial charge in [-0.3, -0.25) is 0 Å². The summed E-state index contributed by atoms with van der Waals surface area (Å²) in [5.74, 6) is -0.683. The maximum absolute atomic E-state index is 14.3. The molecular formula is C26H25FO3. The van der Waals surface area contributed by atoms with Gasteiger partial charge >= 0.3 is 5.97 Å². The Labute approximate surface area is 176 Å². The van der Waals surface area contributed by atoms with Crippen LogP contribution in [-0.2, 0) is 22.6 Å². The van der Waals surface area contributed by atoms with Crippen molar-refractivity contribution >= 4 is 5.97 Å². The maximum atomic E-state index is 14.3. The Morgan fingerprint density at radius 1 is 0.967 bits per heavy atom. The molecule has 3 rings (SSSR count). The van der Waals surface area contributed by atoms with Gasteiger partial charge in [-0.2, -0.15) is 0 Å². The lowest BCUT2D eigenvalue weighted by Crippen LogP contribution is -2.07. The number of aryl methyl sites for hydroxylation is 1. The van der Waals surface area contributed by atoms with Gasteiger partial charge in [-0.25, -0.2) is 9.18 Å². The summed E-state index contributed by atoms with van der Waals surface area (Å²) in [6.07, 6.45) is 0.478. The zero-order valence-corrected chi connectivity index (χ0v) is 17.2. The normalized spacial score (nSPS) is 10.7. The van der Waals surface area contributed by atoms with Gasteiger partial charge in [0.15, 0.2) is 0 Å². The van der Waals surface area contributed by atoms with Crippen molar-refractivity contribution in [1.82, 2.24) is 0 Å². The second kappa shape index (κ2) is 9.51. The Morgan fingerprint density at radius 2 is 1.63 bits per heavy atom. The molecule has 0 radical (unpaired) electrons. The van der Waals surface area contributed by atoms with Crippen molar-refractivity contribution in [3.8, 4) is 22.3 Å². The largest absolute Gasteiger partial charge is 0.457 e. The van der Waals surface area contributed by atoms with E-state index in [9.17, 15) is 14.3 Å². The van der Waals surface area contributed by atoms with Crippen LogP contribution in [0.3, 0.4) is 0 Å². The highest BCUT2D eigenvalue weighted by molar-refractivity contribution is 5.87. The fourth-order valence-corrected chi connectivity index (χ4v) is 3.27. The first-order valence-corrected chi connectivity index (χ1v) is 9.81. The maximum Gasteiger partial charge on any atom is 0.333 e. The van der Waals surface area contributed by atoms with Crippen LogP contribution in [0.25, 0.3) is 22.3 Å². The summed E-state index contributed by atoms with van der Waals surface area (Å²) in [6, 6.07) is 18.7. The number of esters is 1. The average Bonchev–Trinajstić information content (AvgIpc) is 2.73. The highest BCUT2D eigenvalue weighted by Gasteiger charge is 2.10. The van der Waals surface area contributed by atoms with Crippen molar-refractivity contribution < 1.29 is 19.0 Å². The fraction of sp³-hybridized carbons (Fsp3) is 0.192. The summed E-state index contributed by atoms with van der Waals surface area (Å²) in [4.78, 5) is 11.8. The van der Waals surface area contributed by atoms with E-state index in [4.69, 9.17) is 4.74 Å². The topological polar surface area (TPSA) is 46.5 Å². The smallest absolute Gasteiger partial charge is 0.333 e. The van der Waals surface area contributed by atoms with E-state index in [-0.39, 0.29) is 19.0 Å². The van der Waals surface area contributed by atoms with Gasteiger partial charge in [-0.05, 0) is 65.8 Å². The van der Waals surface area contributed by atoms with Crippen LogP contribution in [-0.4, -0.2) is 17.7 Å². The molecule has 0 spiro atoms. The van der Waals surface area contributed by atoms with Crippen molar-refractivity contribution in [2.24, 2.45) is 0 Å². The number of carbonyl (C=O) groups is 1. The van der Waals surface area contributed by atoms with Crippen molar-refractivity contribution in [3.05, 3.63) is 95.3 Å². The second-order valence-electron chi connectivity index (χ2n) is 7.37. The summed E-state index contributed by atoms with van der Waals surface area (Å²) in [6.45, 7) is 7.18. The Kier molecular flexibility index (Phi) is 6.80. The lowest BCUT2D eigenvalue weighted by Gasteiger charge is -2.13. The zero-order valence-electron chi connectivity index (χ0n) is 17.2. The molecule has 1 N–H and O–H groups in total. The monoisotopic (exact) mass is 404 g/mol. The summed E-state index contributed by atoms with van der Waals surface area (Å²) < 4.78 is 19.6. The van der Waals surface area contributed by atoms with Crippen LogP contribution in [0.2, 0.25) is 0 Å². The van der Waals surface area contributed by atoms with Crippen LogP contribution in [0.5, 0.6) is 0 Å². The van der Waals surface area contributed by atoms with E-state index in [1.807, 2.05) is 55.5 Å². The lowest BCUT2D eigenvalue weighted by molar-refractivity contribution is -0.140. The standard InChI is InChI=1S/C26H25FO3/c1-17(2)26(29)30-16-23-15-22(10-7-20(23)12-13-28)19-5-8-21(9-6-19)24-11-4-18(3)14-25(24)27/h4-11,14-15,28H,1,12-13,16H2,2-3H3. The van der Waals surface area contributed by atoms with Crippen LogP contribution >= 0.6 is 0 Å². The molecule has 0 saturated heterocycles. The van der Waals surface area contributed by atoms with E-state index in [2.05, 4.69) is 6.58 Å². The number of ether oxygens (including phenoxy) is 1. The van der Waals surface area contributed by atoms with Crippen molar-refractivity contribution in [2.75, 3.05) is 6.61 Å². The van der Waals surface area contributed by atoms with Gasteiger partial charge in [0.05, 0.1) is 0 Å². The molecule has 0 aliphatic carbocycles. The molecule has 0 saturated carbocycles. The van der Waals surface area contributed by atoms with Gasteiger partial charge in [0.25, 0.3) is 0 Å². The van der Waals surface area contributed by atoms with E-state index in [0.29, 0.717) is 17.6 Å². The minimum Gasteiger partial charge on any atom is -0.457 e. The Morgan fingerprint density at radius 3 is 2.27 bits per heavy atom. The molecule has 3 aromatic rings. The molecule has 0 fully saturated rings. The number of carbonyl (C=O) groups excluding carboxylic acids is 1. The van der Waals surface area contributed by atoms with E-state index >= 15 is 0 Å². The van der Waals surface area contributed by atoms with Crippen LogP contribution in [0.15, 0.2) is 72.8 Å². The lowest BCUT2D eigenvalue weighted by atomic mass is 9.96. The predicted molar refractivity (Wildman–Crippen MR) is 117 cm³/mol. The SMILES string of the molecule is C=C(C)C(=O)OCc1cc(-c2ccc(-c3ccc(C)cc3F)cc2)ccc1CCO. The van der Waals surface area contributed by atoms with Gasteiger partial charge in [-0.1, -0.05) is 55.1 Å². The minimum atomic E-state index is -0.445. The van der Waals surface area contributed by atoms with E-state index < -0.39 is 5.97 Å². The quantitative estimate of drug-likeness (QED) is 0.410. The van der Waals surface area contributed by atoms with Crippen molar-refractivity contribution in [1.29, 1.82) is 0 Å². The molecule has 0 amide bonds. The van der Waals surface area contributed by atoms with Gasteiger partial charge in [0.1, 0.15) is 12.4 Å². The highest BCUT2D eigenvalue weighted by Crippen LogP contribution is 2.28. The summed E-state index contributed by atoms with van der Waals surface area (Å²) in [5, 5.41) is 9.32. The van der Waals surface area contributed by atoms with Gasteiger partial charge in [0, 0.05) is 17.7 Å². The summed E-state index contributed by atoms with van der Waals surface area (Å²) in [5.41, 5.74) is 6.29. The second-order valence-corrected chi connectivity index (χ2v) is 7.37. The van der Waals surface area contributed by atoms with E-state index in [1.165, 1.54) is 6.07 Å². The van der Waals surface area contributed by atoms with E-state index in [1.54, 1.807) is 13.0 Å². The number of aliphatic hydroxyl groups excluding tert-OH is 1. The Hall–Kier alpha value is -3.24. The van der Waals surface area contributed by atoms with Crippen LogP contribution < -0.4 is 0 Å². The molecule has 3 aromatic carbocycles. The van der Waals surface area contributed by atoms with Crippen LogP contribution in [0, 0.1) is 12.7 Å². The Bertz CT molecular complexity index is 1070. The number of halogens is 1. The molecule has 30 heavy (non-hydrogen) atoms. The Balaban J connectivity index is 1.88. The van der Waals surface area contributed by atoms with Crippen LogP contribution in [0.1, 0.15) is 23.6 Å². The molecule has 4 heteroatoms.